The van der Waals surface area contributed by atoms with E-state index >= 15 is 0 Å². The van der Waals surface area contributed by atoms with E-state index in [4.69, 9.17) is 9.78 Å². The number of ether oxygens (including phenoxy) is 2. The summed E-state index contributed by atoms with van der Waals surface area (Å²) in [7, 11) is 0. The Hall–Kier alpha value is -2.67. The van der Waals surface area contributed by atoms with Crippen LogP contribution in [0.25, 0.3) is 0 Å². The molecule has 0 fully saturated rings. The standard InChI is InChI=1S/C17H20O7/c1-12(15(19)23-16(20)22-13(2)10-18)11-21-24-17(3,4)14-8-6-5-7-9-14/h5-11,13H,1-4H3. The van der Waals surface area contributed by atoms with Gasteiger partial charge >= 0.3 is 12.1 Å². The highest BCUT2D eigenvalue weighted by Gasteiger charge is 2.23. The molecule has 130 valence electrons. The Morgan fingerprint density at radius 2 is 1.79 bits per heavy atom. The largest absolute Gasteiger partial charge is 0.517 e. The molecular weight excluding hydrogens is 316 g/mol. The molecule has 7 nitrogen and oxygen atoms in total. The van der Waals surface area contributed by atoms with Gasteiger partial charge in [0.25, 0.3) is 0 Å². The van der Waals surface area contributed by atoms with Crippen LogP contribution >= 0.6 is 0 Å². The summed E-state index contributed by atoms with van der Waals surface area (Å²) in [6.45, 7) is 6.30. The summed E-state index contributed by atoms with van der Waals surface area (Å²) < 4.78 is 8.88. The van der Waals surface area contributed by atoms with Crippen molar-refractivity contribution in [2.24, 2.45) is 0 Å². The SMILES string of the molecule is CC(=COOC(C)(C)c1ccccc1)C(=O)OC(=O)OC(C)C=O. The molecule has 0 radical (unpaired) electrons. The summed E-state index contributed by atoms with van der Waals surface area (Å²) in [6.07, 6.45) is -0.848. The molecule has 1 aromatic carbocycles. The smallest absolute Gasteiger partial charge is 0.423 e. The highest BCUT2D eigenvalue weighted by atomic mass is 17.2. The Kier molecular flexibility index (Phi) is 7.13. The highest BCUT2D eigenvalue weighted by molar-refractivity contribution is 5.94. The van der Waals surface area contributed by atoms with E-state index in [1.165, 1.54) is 13.8 Å². The maximum absolute atomic E-state index is 11.6. The van der Waals surface area contributed by atoms with Crippen LogP contribution in [0.2, 0.25) is 0 Å². The summed E-state index contributed by atoms with van der Waals surface area (Å²) in [4.78, 5) is 43.4. The molecule has 0 N–H and O–H groups in total. The molecule has 0 aromatic heterocycles. The average molecular weight is 336 g/mol. The second kappa shape index (κ2) is 8.83. The van der Waals surface area contributed by atoms with Crippen LogP contribution in [0.1, 0.15) is 33.3 Å². The molecule has 0 aliphatic heterocycles. The number of carbonyl (C=O) groups excluding carboxylic acids is 3. The molecule has 1 rings (SSSR count). The van der Waals surface area contributed by atoms with Crippen LogP contribution in [0.3, 0.4) is 0 Å². The van der Waals surface area contributed by atoms with E-state index in [0.29, 0.717) is 6.29 Å². The lowest BCUT2D eigenvalue weighted by molar-refractivity contribution is -0.321. The first-order valence-corrected chi connectivity index (χ1v) is 7.21. The molecule has 0 amide bonds. The Bertz CT molecular complexity index is 605. The van der Waals surface area contributed by atoms with Gasteiger partial charge in [0.15, 0.2) is 12.4 Å². The third kappa shape index (κ3) is 6.21. The minimum Gasteiger partial charge on any atom is -0.423 e. The van der Waals surface area contributed by atoms with Gasteiger partial charge in [-0.25, -0.2) is 9.59 Å². The Labute approximate surface area is 140 Å². The van der Waals surface area contributed by atoms with Crippen molar-refractivity contribution in [2.45, 2.75) is 39.4 Å². The van der Waals surface area contributed by atoms with Gasteiger partial charge in [-0.3, -0.25) is 4.79 Å². The van der Waals surface area contributed by atoms with Crippen molar-refractivity contribution in [1.82, 2.24) is 0 Å². The summed E-state index contributed by atoms with van der Waals surface area (Å²) in [5.74, 6) is -0.973. The van der Waals surface area contributed by atoms with Crippen molar-refractivity contribution in [2.75, 3.05) is 0 Å². The van der Waals surface area contributed by atoms with E-state index in [2.05, 4.69) is 9.47 Å². The maximum atomic E-state index is 11.6. The van der Waals surface area contributed by atoms with Crippen LogP contribution in [0.4, 0.5) is 4.79 Å². The van der Waals surface area contributed by atoms with E-state index in [1.807, 2.05) is 30.3 Å². The molecule has 1 atom stereocenters. The second-order valence-corrected chi connectivity index (χ2v) is 5.46. The molecule has 0 spiro atoms. The zero-order valence-corrected chi connectivity index (χ0v) is 14.0. The maximum Gasteiger partial charge on any atom is 0.517 e. The van der Waals surface area contributed by atoms with E-state index in [9.17, 15) is 14.4 Å². The van der Waals surface area contributed by atoms with E-state index in [1.54, 1.807) is 13.8 Å². The first-order valence-electron chi connectivity index (χ1n) is 7.21. The Balaban J connectivity index is 2.53. The third-order valence-corrected chi connectivity index (χ3v) is 2.92. The topological polar surface area (TPSA) is 88.1 Å². The molecule has 0 bridgehead atoms. The van der Waals surface area contributed by atoms with Crippen molar-refractivity contribution in [3.05, 3.63) is 47.7 Å². The highest BCUT2D eigenvalue weighted by Crippen LogP contribution is 2.24. The van der Waals surface area contributed by atoms with Gasteiger partial charge in [0.2, 0.25) is 0 Å². The van der Waals surface area contributed by atoms with Gasteiger partial charge in [-0.1, -0.05) is 30.3 Å². The fraction of sp³-hybridized carbons (Fsp3) is 0.353. The Morgan fingerprint density at radius 3 is 2.38 bits per heavy atom. The molecule has 0 saturated carbocycles. The molecule has 24 heavy (non-hydrogen) atoms. The monoisotopic (exact) mass is 336 g/mol. The van der Waals surface area contributed by atoms with Gasteiger partial charge in [0, 0.05) is 0 Å². The molecular formula is C17H20O7. The van der Waals surface area contributed by atoms with Crippen molar-refractivity contribution in [3.63, 3.8) is 0 Å². The van der Waals surface area contributed by atoms with Gasteiger partial charge in [-0.15, -0.1) is 0 Å². The number of hydrogen-bond acceptors (Lipinski definition) is 7. The van der Waals surface area contributed by atoms with Crippen molar-refractivity contribution < 1.29 is 33.6 Å². The number of rotatable bonds is 7. The predicted octanol–water partition coefficient (Wildman–Crippen LogP) is 3.04. The van der Waals surface area contributed by atoms with Gasteiger partial charge in [0.1, 0.15) is 11.9 Å². The summed E-state index contributed by atoms with van der Waals surface area (Å²) in [5.41, 5.74) is 0.111. The van der Waals surface area contributed by atoms with Gasteiger partial charge in [0.05, 0.1) is 5.57 Å². The molecule has 0 heterocycles. The summed E-state index contributed by atoms with van der Waals surface area (Å²) in [6, 6.07) is 9.36. The van der Waals surface area contributed by atoms with Gasteiger partial charge in [-0.2, -0.15) is 4.89 Å². The number of benzene rings is 1. The Morgan fingerprint density at radius 1 is 1.17 bits per heavy atom. The normalized spacial score (nSPS) is 12.9. The summed E-state index contributed by atoms with van der Waals surface area (Å²) >= 11 is 0. The van der Waals surface area contributed by atoms with Gasteiger partial charge in [-0.05, 0) is 33.3 Å². The van der Waals surface area contributed by atoms with Crippen LogP contribution in [0, 0.1) is 0 Å². The molecule has 0 aliphatic carbocycles. The van der Waals surface area contributed by atoms with E-state index in [0.717, 1.165) is 11.8 Å². The van der Waals surface area contributed by atoms with Crippen molar-refractivity contribution in [1.29, 1.82) is 0 Å². The fourth-order valence-electron chi connectivity index (χ4n) is 1.51. The number of carbonyl (C=O) groups is 3. The molecule has 7 heteroatoms. The minimum absolute atomic E-state index is 0.0189. The predicted molar refractivity (Wildman–Crippen MR) is 83.5 cm³/mol. The second-order valence-electron chi connectivity index (χ2n) is 5.46. The zero-order valence-electron chi connectivity index (χ0n) is 14.0. The van der Waals surface area contributed by atoms with Crippen molar-refractivity contribution in [3.8, 4) is 0 Å². The average Bonchev–Trinajstić information content (AvgIpc) is 2.55. The van der Waals surface area contributed by atoms with Crippen LogP contribution in [-0.4, -0.2) is 24.5 Å². The lowest BCUT2D eigenvalue weighted by Crippen LogP contribution is -2.22. The number of aldehydes is 1. The molecule has 0 aliphatic rings. The minimum atomic E-state index is -1.27. The summed E-state index contributed by atoms with van der Waals surface area (Å²) in [5, 5.41) is 0. The quantitative estimate of drug-likeness (QED) is 0.144. The van der Waals surface area contributed by atoms with Crippen LogP contribution < -0.4 is 0 Å². The fourth-order valence-corrected chi connectivity index (χ4v) is 1.51. The zero-order chi connectivity index (χ0) is 18.2. The van der Waals surface area contributed by atoms with Crippen LogP contribution in [0.5, 0.6) is 0 Å². The number of hydrogen-bond donors (Lipinski definition) is 0. The van der Waals surface area contributed by atoms with Crippen molar-refractivity contribution >= 4 is 18.4 Å². The molecule has 1 aromatic rings. The van der Waals surface area contributed by atoms with E-state index < -0.39 is 23.8 Å². The lowest BCUT2D eigenvalue weighted by Gasteiger charge is -2.22. The first-order chi connectivity index (χ1) is 11.3. The van der Waals surface area contributed by atoms with Crippen LogP contribution in [0.15, 0.2) is 42.2 Å². The van der Waals surface area contributed by atoms with E-state index in [-0.39, 0.29) is 5.57 Å². The van der Waals surface area contributed by atoms with Gasteiger partial charge < -0.3 is 14.4 Å². The lowest BCUT2D eigenvalue weighted by atomic mass is 9.99. The number of esters is 1. The third-order valence-electron chi connectivity index (χ3n) is 2.92. The van der Waals surface area contributed by atoms with Crippen LogP contribution in [-0.2, 0) is 34.4 Å². The molecule has 0 saturated heterocycles. The molecule has 1 unspecified atom stereocenters. The first kappa shape index (κ1) is 19.4.